The van der Waals surface area contributed by atoms with Gasteiger partial charge in [0.25, 0.3) is 5.91 Å². The number of aromatic nitrogens is 1. The summed E-state index contributed by atoms with van der Waals surface area (Å²) in [6.07, 6.45) is 1.75. The third-order valence-corrected chi connectivity index (χ3v) is 3.85. The molecule has 0 unspecified atom stereocenters. The van der Waals surface area contributed by atoms with Crippen LogP contribution in [0.1, 0.15) is 15.2 Å². The lowest BCUT2D eigenvalue weighted by Crippen LogP contribution is -2.22. The van der Waals surface area contributed by atoms with Gasteiger partial charge in [0.1, 0.15) is 0 Å². The lowest BCUT2D eigenvalue weighted by atomic mass is 10.2. The molecule has 6 heteroatoms. The summed E-state index contributed by atoms with van der Waals surface area (Å²) in [4.78, 5) is 17.7. The first-order valence-electron chi connectivity index (χ1n) is 4.81. The average molecular weight is 329 g/mol. The number of nitrogens with one attached hydrogen (secondary N) is 1. The maximum absolute atomic E-state index is 11.9. The van der Waals surface area contributed by atoms with Crippen molar-refractivity contribution in [2.75, 3.05) is 0 Å². The van der Waals surface area contributed by atoms with Gasteiger partial charge in [-0.15, -0.1) is 24.0 Å². The Morgan fingerprint density at radius 3 is 3.06 bits per heavy atom. The zero-order valence-electron chi connectivity index (χ0n) is 8.68. The Balaban J connectivity index is 2.07. The number of amides is 1. The van der Waals surface area contributed by atoms with E-state index in [0.717, 1.165) is 14.2 Å². The van der Waals surface area contributed by atoms with Crippen LogP contribution in [0, 0.1) is 0 Å². The van der Waals surface area contributed by atoms with Crippen molar-refractivity contribution in [3.63, 3.8) is 0 Å². The predicted molar refractivity (Wildman–Crippen MR) is 74.7 cm³/mol. The molecule has 2 rings (SSSR count). The van der Waals surface area contributed by atoms with Crippen molar-refractivity contribution < 1.29 is 4.79 Å². The van der Waals surface area contributed by atoms with Gasteiger partial charge in [0.15, 0.2) is 0 Å². The zero-order valence-corrected chi connectivity index (χ0v) is 12.0. The van der Waals surface area contributed by atoms with Crippen LogP contribution in [0.25, 0.3) is 0 Å². The molecular weight excluding hydrogens is 320 g/mol. The van der Waals surface area contributed by atoms with Crippen molar-refractivity contribution in [3.05, 3.63) is 44.8 Å². The van der Waals surface area contributed by atoms with Crippen LogP contribution in [0.2, 0.25) is 0 Å². The van der Waals surface area contributed by atoms with Gasteiger partial charge >= 0.3 is 0 Å². The van der Waals surface area contributed by atoms with Gasteiger partial charge < -0.3 is 5.32 Å². The Morgan fingerprint density at radius 2 is 2.35 bits per heavy atom. The smallest absolute Gasteiger partial charge is 0.252 e. The van der Waals surface area contributed by atoms with Crippen LogP contribution in [0.15, 0.2) is 39.3 Å². The molecule has 0 aliphatic heterocycles. The van der Waals surface area contributed by atoms with Gasteiger partial charge in [-0.05, 0) is 34.1 Å². The number of thiazole rings is 1. The van der Waals surface area contributed by atoms with E-state index in [4.69, 9.17) is 0 Å². The van der Waals surface area contributed by atoms with Crippen molar-refractivity contribution in [1.29, 1.82) is 0 Å². The maximum Gasteiger partial charge on any atom is 0.252 e. The highest BCUT2D eigenvalue weighted by atomic mass is 79.9. The number of thiol groups is 1. The Bertz CT molecular complexity index is 528. The van der Waals surface area contributed by atoms with E-state index in [9.17, 15) is 4.79 Å². The summed E-state index contributed by atoms with van der Waals surface area (Å²) in [5, 5.41) is 2.84. The minimum Gasteiger partial charge on any atom is -0.347 e. The van der Waals surface area contributed by atoms with E-state index in [-0.39, 0.29) is 5.91 Å². The first-order valence-corrected chi connectivity index (χ1v) is 6.93. The molecule has 0 radical (unpaired) electrons. The van der Waals surface area contributed by atoms with E-state index in [1.807, 2.05) is 12.1 Å². The van der Waals surface area contributed by atoms with Gasteiger partial charge in [0.2, 0.25) is 0 Å². The second kappa shape index (κ2) is 5.66. The molecule has 0 fully saturated rings. The Kier molecular flexibility index (Phi) is 4.20. The third-order valence-electron chi connectivity index (χ3n) is 2.10. The highest BCUT2D eigenvalue weighted by Crippen LogP contribution is 2.20. The number of rotatable bonds is 3. The lowest BCUT2D eigenvalue weighted by Gasteiger charge is -2.06. The van der Waals surface area contributed by atoms with Crippen molar-refractivity contribution in [2.24, 2.45) is 0 Å². The molecule has 0 bridgehead atoms. The van der Waals surface area contributed by atoms with Crippen LogP contribution in [0.3, 0.4) is 0 Å². The van der Waals surface area contributed by atoms with Crippen LogP contribution in [0.5, 0.6) is 0 Å². The largest absolute Gasteiger partial charge is 0.347 e. The number of nitrogens with zero attached hydrogens (tertiary/aromatic N) is 1. The highest BCUT2D eigenvalue weighted by Gasteiger charge is 2.10. The molecule has 17 heavy (non-hydrogen) atoms. The minimum absolute atomic E-state index is 0.124. The number of carbonyl (C=O) groups is 1. The number of halogens is 1. The van der Waals surface area contributed by atoms with E-state index in [1.54, 1.807) is 17.8 Å². The molecule has 1 aromatic carbocycles. The molecule has 0 saturated heterocycles. The van der Waals surface area contributed by atoms with Crippen LogP contribution < -0.4 is 5.32 Å². The summed E-state index contributed by atoms with van der Waals surface area (Å²) in [6, 6.07) is 5.37. The fourth-order valence-electron chi connectivity index (χ4n) is 1.28. The maximum atomic E-state index is 11.9. The summed E-state index contributed by atoms with van der Waals surface area (Å²) in [7, 11) is 0. The molecule has 3 nitrogen and oxygen atoms in total. The van der Waals surface area contributed by atoms with Gasteiger partial charge in [0.05, 0.1) is 17.6 Å². The molecule has 1 amide bonds. The van der Waals surface area contributed by atoms with E-state index in [1.165, 1.54) is 11.3 Å². The van der Waals surface area contributed by atoms with Crippen molar-refractivity contribution in [2.45, 2.75) is 11.4 Å². The summed E-state index contributed by atoms with van der Waals surface area (Å²) >= 11 is 9.08. The van der Waals surface area contributed by atoms with Gasteiger partial charge in [-0.25, -0.2) is 0 Å². The van der Waals surface area contributed by atoms with E-state index in [0.29, 0.717) is 12.1 Å². The fourth-order valence-corrected chi connectivity index (χ4v) is 2.44. The molecule has 1 heterocycles. The first kappa shape index (κ1) is 12.6. The van der Waals surface area contributed by atoms with Crippen LogP contribution in [0.4, 0.5) is 0 Å². The quantitative estimate of drug-likeness (QED) is 0.850. The Morgan fingerprint density at radius 1 is 1.53 bits per heavy atom. The number of hydrogen-bond acceptors (Lipinski definition) is 4. The molecule has 1 aromatic heterocycles. The second-order valence-electron chi connectivity index (χ2n) is 3.31. The molecule has 0 aliphatic carbocycles. The molecule has 0 atom stereocenters. The first-order chi connectivity index (χ1) is 8.16. The molecule has 0 saturated carbocycles. The minimum atomic E-state index is -0.124. The number of benzene rings is 1. The number of hydrogen-bond donors (Lipinski definition) is 2. The van der Waals surface area contributed by atoms with Gasteiger partial charge in [0, 0.05) is 20.4 Å². The van der Waals surface area contributed by atoms with Gasteiger partial charge in [-0.2, -0.15) is 0 Å². The van der Waals surface area contributed by atoms with Crippen molar-refractivity contribution in [1.82, 2.24) is 10.3 Å². The lowest BCUT2D eigenvalue weighted by molar-refractivity contribution is 0.0950. The zero-order chi connectivity index (χ0) is 12.3. The molecule has 0 aliphatic rings. The molecule has 1 N–H and O–H groups in total. The van der Waals surface area contributed by atoms with Crippen molar-refractivity contribution in [3.8, 4) is 0 Å². The van der Waals surface area contributed by atoms with Gasteiger partial charge in [-0.1, -0.05) is 0 Å². The van der Waals surface area contributed by atoms with Crippen LogP contribution in [-0.4, -0.2) is 10.9 Å². The summed E-state index contributed by atoms with van der Waals surface area (Å²) in [6.45, 7) is 0.493. The Labute approximate surface area is 117 Å². The average Bonchev–Trinajstić information content (AvgIpc) is 2.82. The Hall–Kier alpha value is -0.850. The SMILES string of the molecule is O=C(NCc1cncs1)c1cc(S)ccc1Br. The fraction of sp³-hybridized carbons (Fsp3) is 0.0909. The number of carbonyl (C=O) groups excluding carboxylic acids is 1. The van der Waals surface area contributed by atoms with Crippen LogP contribution >= 0.6 is 39.9 Å². The normalized spacial score (nSPS) is 10.2. The summed E-state index contributed by atoms with van der Waals surface area (Å²) < 4.78 is 0.761. The monoisotopic (exact) mass is 328 g/mol. The molecule has 2 aromatic rings. The highest BCUT2D eigenvalue weighted by molar-refractivity contribution is 9.10. The second-order valence-corrected chi connectivity index (χ2v) is 5.66. The standard InChI is InChI=1S/C11H9BrN2OS2/c12-10-2-1-7(16)3-9(10)11(15)14-5-8-4-13-6-17-8/h1-4,6,16H,5H2,(H,14,15). The summed E-state index contributed by atoms with van der Waals surface area (Å²) in [5.41, 5.74) is 2.33. The van der Waals surface area contributed by atoms with Gasteiger partial charge in [-0.3, -0.25) is 9.78 Å². The third kappa shape index (κ3) is 3.31. The van der Waals surface area contributed by atoms with E-state index < -0.39 is 0 Å². The summed E-state index contributed by atoms with van der Waals surface area (Å²) in [5.74, 6) is -0.124. The predicted octanol–water partition coefficient (Wildman–Crippen LogP) is 3.12. The van der Waals surface area contributed by atoms with E-state index >= 15 is 0 Å². The van der Waals surface area contributed by atoms with Crippen LogP contribution in [-0.2, 0) is 6.54 Å². The topological polar surface area (TPSA) is 42.0 Å². The molecular formula is C11H9BrN2OS2. The molecule has 0 spiro atoms. The van der Waals surface area contributed by atoms with Crippen molar-refractivity contribution >= 4 is 45.8 Å². The molecule has 88 valence electrons. The van der Waals surface area contributed by atoms with E-state index in [2.05, 4.69) is 38.9 Å².